The van der Waals surface area contributed by atoms with Crippen LogP contribution in [0.5, 0.6) is 0 Å². The lowest BCUT2D eigenvalue weighted by atomic mass is 9.96. The molecule has 1 aliphatic heterocycles. The number of aromatic nitrogens is 3. The number of nitrogens with one attached hydrogen (secondary N) is 1. The molecule has 2 fully saturated rings. The molecule has 8 heteroatoms. The van der Waals surface area contributed by atoms with Gasteiger partial charge in [-0.2, -0.15) is 5.10 Å². The summed E-state index contributed by atoms with van der Waals surface area (Å²) in [4.78, 5) is 26.8. The largest absolute Gasteiger partial charge is 0.383 e. The first kappa shape index (κ1) is 18.9. The Bertz CT molecular complexity index is 654. The minimum absolute atomic E-state index is 0.0638. The fourth-order valence-corrected chi connectivity index (χ4v) is 4.06. The van der Waals surface area contributed by atoms with Crippen LogP contribution in [0.4, 0.5) is 4.79 Å². The maximum Gasteiger partial charge on any atom is 0.345 e. The maximum atomic E-state index is 12.5. The molecule has 1 aliphatic carbocycles. The number of urea groups is 1. The predicted molar refractivity (Wildman–Crippen MR) is 98.4 cm³/mol. The van der Waals surface area contributed by atoms with E-state index in [1.807, 2.05) is 11.8 Å². The minimum atomic E-state index is -0.0686. The second-order valence-corrected chi connectivity index (χ2v) is 7.29. The van der Waals surface area contributed by atoms with Gasteiger partial charge >= 0.3 is 11.7 Å². The fourth-order valence-electron chi connectivity index (χ4n) is 4.06. The van der Waals surface area contributed by atoms with Crippen LogP contribution < -0.4 is 11.0 Å². The van der Waals surface area contributed by atoms with Gasteiger partial charge in [-0.05, 0) is 32.6 Å². The topological polar surface area (TPSA) is 81.4 Å². The normalized spacial score (nSPS) is 19.2. The molecule has 3 rings (SSSR count). The van der Waals surface area contributed by atoms with E-state index < -0.39 is 0 Å². The summed E-state index contributed by atoms with van der Waals surface area (Å²) in [5, 5.41) is 7.72. The third-order valence-electron chi connectivity index (χ3n) is 5.60. The van der Waals surface area contributed by atoms with Gasteiger partial charge in [0.25, 0.3) is 0 Å². The van der Waals surface area contributed by atoms with Crippen LogP contribution in [0.2, 0.25) is 0 Å². The highest BCUT2D eigenvalue weighted by Gasteiger charge is 2.29. The Balaban J connectivity index is 1.60. The van der Waals surface area contributed by atoms with Crippen LogP contribution in [0.1, 0.15) is 57.2 Å². The summed E-state index contributed by atoms with van der Waals surface area (Å²) in [6.07, 6.45) is 6.33. The van der Waals surface area contributed by atoms with Crippen LogP contribution in [0, 0.1) is 0 Å². The average molecular weight is 365 g/mol. The van der Waals surface area contributed by atoms with Crippen molar-refractivity contribution in [1.82, 2.24) is 24.6 Å². The summed E-state index contributed by atoms with van der Waals surface area (Å²) < 4.78 is 8.32. The molecule has 0 atom stereocenters. The van der Waals surface area contributed by atoms with Crippen molar-refractivity contribution < 1.29 is 9.53 Å². The Labute approximate surface area is 154 Å². The molecule has 1 aromatic rings. The molecule has 0 unspecified atom stereocenters. The monoisotopic (exact) mass is 365 g/mol. The van der Waals surface area contributed by atoms with E-state index in [1.54, 1.807) is 11.7 Å². The molecule has 146 valence electrons. The summed E-state index contributed by atoms with van der Waals surface area (Å²) in [5.41, 5.74) is -0.0686. The lowest BCUT2D eigenvalue weighted by molar-refractivity contribution is 0.175. The molecule has 0 radical (unpaired) electrons. The van der Waals surface area contributed by atoms with Crippen molar-refractivity contribution in [2.75, 3.05) is 26.8 Å². The first-order valence-corrected chi connectivity index (χ1v) is 9.86. The molecular weight excluding hydrogens is 334 g/mol. The molecule has 0 aromatic carbocycles. The number of piperidine rings is 1. The van der Waals surface area contributed by atoms with Gasteiger partial charge in [0.1, 0.15) is 5.82 Å². The van der Waals surface area contributed by atoms with Gasteiger partial charge in [0.15, 0.2) is 0 Å². The van der Waals surface area contributed by atoms with E-state index in [-0.39, 0.29) is 17.6 Å². The number of ether oxygens (including phenoxy) is 1. The number of methoxy groups -OCH3 is 1. The van der Waals surface area contributed by atoms with Crippen LogP contribution in [-0.2, 0) is 17.8 Å². The predicted octanol–water partition coefficient (Wildman–Crippen LogP) is 1.54. The lowest BCUT2D eigenvalue weighted by Gasteiger charge is -2.32. The van der Waals surface area contributed by atoms with Gasteiger partial charge in [-0.3, -0.25) is 4.57 Å². The van der Waals surface area contributed by atoms with Crippen LogP contribution in [0.25, 0.3) is 0 Å². The Morgan fingerprint density at radius 2 is 1.92 bits per heavy atom. The summed E-state index contributed by atoms with van der Waals surface area (Å²) in [7, 11) is 1.62. The Morgan fingerprint density at radius 3 is 2.54 bits per heavy atom. The van der Waals surface area contributed by atoms with Crippen molar-refractivity contribution in [2.24, 2.45) is 0 Å². The maximum absolute atomic E-state index is 12.5. The second kappa shape index (κ2) is 8.70. The van der Waals surface area contributed by atoms with E-state index >= 15 is 0 Å². The van der Waals surface area contributed by atoms with E-state index in [0.717, 1.165) is 31.5 Å². The number of carbonyl (C=O) groups excluding carboxylic acids is 1. The lowest BCUT2D eigenvalue weighted by Crippen LogP contribution is -2.47. The van der Waals surface area contributed by atoms with Crippen LogP contribution in [0.15, 0.2) is 4.79 Å². The number of hydrogen-bond acceptors (Lipinski definition) is 4. The third-order valence-corrected chi connectivity index (χ3v) is 5.60. The molecular formula is C18H31N5O3. The molecule has 1 N–H and O–H groups in total. The van der Waals surface area contributed by atoms with Gasteiger partial charge in [-0.1, -0.05) is 12.8 Å². The van der Waals surface area contributed by atoms with Gasteiger partial charge < -0.3 is 15.0 Å². The molecule has 1 saturated heterocycles. The van der Waals surface area contributed by atoms with Crippen LogP contribution in [0.3, 0.4) is 0 Å². The number of carbonyl (C=O) groups is 1. The quantitative estimate of drug-likeness (QED) is 0.829. The zero-order valence-corrected chi connectivity index (χ0v) is 15.9. The van der Waals surface area contributed by atoms with Crippen molar-refractivity contribution in [3.05, 3.63) is 16.3 Å². The molecule has 26 heavy (non-hydrogen) atoms. The first-order chi connectivity index (χ1) is 12.6. The molecule has 1 aromatic heterocycles. The number of likely N-dealkylation sites (tertiary alicyclic amines) is 1. The summed E-state index contributed by atoms with van der Waals surface area (Å²) in [6, 6.07) is 0.413. The van der Waals surface area contributed by atoms with Crippen molar-refractivity contribution in [3.63, 3.8) is 0 Å². The zero-order chi connectivity index (χ0) is 18.5. The van der Waals surface area contributed by atoms with Crippen molar-refractivity contribution in [3.8, 4) is 0 Å². The van der Waals surface area contributed by atoms with E-state index in [0.29, 0.717) is 38.8 Å². The standard InChI is InChI=1S/C18H31N5O3/c1-3-22-16(20-23(18(22)25)12-13-26-2)14-8-10-21(11-9-14)17(24)19-15-6-4-5-7-15/h14-15H,3-13H2,1-2H3,(H,19,24). The minimum Gasteiger partial charge on any atom is -0.383 e. The smallest absolute Gasteiger partial charge is 0.345 e. The fraction of sp³-hybridized carbons (Fsp3) is 0.833. The molecule has 2 amide bonds. The summed E-state index contributed by atoms with van der Waals surface area (Å²) in [6.45, 7) is 4.96. The first-order valence-electron chi connectivity index (χ1n) is 9.86. The van der Waals surface area contributed by atoms with Gasteiger partial charge in [-0.15, -0.1) is 0 Å². The highest BCUT2D eigenvalue weighted by atomic mass is 16.5. The van der Waals surface area contributed by atoms with E-state index in [2.05, 4.69) is 10.4 Å². The van der Waals surface area contributed by atoms with E-state index in [9.17, 15) is 9.59 Å². The summed E-state index contributed by atoms with van der Waals surface area (Å²) >= 11 is 0. The Kier molecular flexibility index (Phi) is 6.34. The Hall–Kier alpha value is -1.83. The molecule has 2 aliphatic rings. The van der Waals surface area contributed by atoms with Gasteiger partial charge in [0.05, 0.1) is 13.2 Å². The van der Waals surface area contributed by atoms with Crippen molar-refractivity contribution >= 4 is 6.03 Å². The van der Waals surface area contributed by atoms with Gasteiger partial charge in [-0.25, -0.2) is 14.3 Å². The van der Waals surface area contributed by atoms with E-state index in [1.165, 1.54) is 17.5 Å². The Morgan fingerprint density at radius 1 is 1.23 bits per heavy atom. The van der Waals surface area contributed by atoms with Gasteiger partial charge in [0.2, 0.25) is 0 Å². The molecule has 1 saturated carbocycles. The SMILES string of the molecule is CCn1c(C2CCN(C(=O)NC3CCCC3)CC2)nn(CCOC)c1=O. The van der Waals surface area contributed by atoms with Crippen molar-refractivity contribution in [2.45, 2.75) is 70.5 Å². The number of rotatable bonds is 6. The molecule has 0 bridgehead atoms. The highest BCUT2D eigenvalue weighted by molar-refractivity contribution is 5.74. The molecule has 8 nitrogen and oxygen atoms in total. The highest BCUT2D eigenvalue weighted by Crippen LogP contribution is 2.26. The average Bonchev–Trinajstić information content (AvgIpc) is 3.27. The number of hydrogen-bond donors (Lipinski definition) is 1. The van der Waals surface area contributed by atoms with Crippen LogP contribution >= 0.6 is 0 Å². The molecule has 2 heterocycles. The van der Waals surface area contributed by atoms with Gasteiger partial charge in [0, 0.05) is 38.7 Å². The van der Waals surface area contributed by atoms with E-state index in [4.69, 9.17) is 4.74 Å². The zero-order valence-electron chi connectivity index (χ0n) is 15.9. The molecule has 0 spiro atoms. The number of amides is 2. The third kappa shape index (κ3) is 4.11. The van der Waals surface area contributed by atoms with Crippen LogP contribution in [-0.4, -0.2) is 58.1 Å². The van der Waals surface area contributed by atoms with Crippen molar-refractivity contribution in [1.29, 1.82) is 0 Å². The summed E-state index contributed by atoms with van der Waals surface area (Å²) in [5.74, 6) is 1.08. The number of nitrogens with zero attached hydrogens (tertiary/aromatic N) is 4. The second-order valence-electron chi connectivity index (χ2n) is 7.29.